The van der Waals surface area contributed by atoms with Crippen LogP contribution in [0.1, 0.15) is 36.5 Å². The lowest BCUT2D eigenvalue weighted by Crippen LogP contribution is -2.32. The van der Waals surface area contributed by atoms with Gasteiger partial charge in [0.2, 0.25) is 0 Å². The summed E-state index contributed by atoms with van der Waals surface area (Å²) in [6.07, 6.45) is 6.54. The second kappa shape index (κ2) is 5.82. The Morgan fingerprint density at radius 2 is 2.33 bits per heavy atom. The summed E-state index contributed by atoms with van der Waals surface area (Å²) in [6.45, 7) is 3.90. The van der Waals surface area contributed by atoms with Crippen LogP contribution in [0.15, 0.2) is 18.5 Å². The number of aromatic nitrogens is 1. The number of hydrogen-bond acceptors (Lipinski definition) is 4. The summed E-state index contributed by atoms with van der Waals surface area (Å²) in [4.78, 5) is 18.3. The topological polar surface area (TPSA) is 71.2 Å². The minimum Gasteiger partial charge on any atom is -0.339 e. The molecule has 1 aromatic heterocycles. The summed E-state index contributed by atoms with van der Waals surface area (Å²) in [5.41, 5.74) is 3.71. The number of nitrogens with zero attached hydrogens (tertiary/aromatic N) is 2. The number of hydrazine groups is 1. The minimum atomic E-state index is 0.0412. The van der Waals surface area contributed by atoms with Gasteiger partial charge in [0.25, 0.3) is 5.91 Å². The molecule has 2 heterocycles. The van der Waals surface area contributed by atoms with Crippen LogP contribution in [0.4, 0.5) is 5.69 Å². The van der Waals surface area contributed by atoms with Crippen LogP contribution in [0.2, 0.25) is 0 Å². The number of pyridine rings is 1. The Labute approximate surface area is 107 Å². The smallest absolute Gasteiger partial charge is 0.256 e. The van der Waals surface area contributed by atoms with Gasteiger partial charge in [-0.15, -0.1) is 0 Å². The molecular formula is C13H20N4O. The third-order valence-corrected chi connectivity index (χ3v) is 3.51. The Balaban J connectivity index is 2.15. The van der Waals surface area contributed by atoms with Crippen LogP contribution >= 0.6 is 0 Å². The molecule has 2 rings (SSSR count). The SMILES string of the molecule is CC1CCCN(C(=O)c2ccncc2NN)CC1. The summed E-state index contributed by atoms with van der Waals surface area (Å²) in [7, 11) is 0. The molecule has 1 aliphatic heterocycles. The van der Waals surface area contributed by atoms with Crippen molar-refractivity contribution in [3.05, 3.63) is 24.0 Å². The largest absolute Gasteiger partial charge is 0.339 e. The quantitative estimate of drug-likeness (QED) is 0.616. The first-order valence-electron chi connectivity index (χ1n) is 6.42. The monoisotopic (exact) mass is 248 g/mol. The number of rotatable bonds is 2. The first-order chi connectivity index (χ1) is 8.72. The second-order valence-corrected chi connectivity index (χ2v) is 4.89. The van der Waals surface area contributed by atoms with Gasteiger partial charge in [-0.25, -0.2) is 0 Å². The molecule has 5 nitrogen and oxygen atoms in total. The van der Waals surface area contributed by atoms with E-state index in [2.05, 4.69) is 17.3 Å². The predicted molar refractivity (Wildman–Crippen MR) is 71.0 cm³/mol. The van der Waals surface area contributed by atoms with E-state index in [0.717, 1.165) is 25.9 Å². The lowest BCUT2D eigenvalue weighted by molar-refractivity contribution is 0.0761. The Morgan fingerprint density at radius 3 is 3.11 bits per heavy atom. The number of nitrogen functional groups attached to an aromatic ring is 1. The maximum absolute atomic E-state index is 12.4. The number of anilines is 1. The van der Waals surface area contributed by atoms with Crippen molar-refractivity contribution in [1.82, 2.24) is 9.88 Å². The van der Waals surface area contributed by atoms with E-state index in [0.29, 0.717) is 17.2 Å². The number of likely N-dealkylation sites (tertiary alicyclic amines) is 1. The van der Waals surface area contributed by atoms with Crippen LogP contribution < -0.4 is 11.3 Å². The number of carbonyl (C=O) groups is 1. The summed E-state index contributed by atoms with van der Waals surface area (Å²) in [5.74, 6) is 6.15. The van der Waals surface area contributed by atoms with Crippen molar-refractivity contribution in [2.24, 2.45) is 11.8 Å². The van der Waals surface area contributed by atoms with E-state index >= 15 is 0 Å². The highest BCUT2D eigenvalue weighted by Gasteiger charge is 2.21. The average Bonchev–Trinajstić information content (AvgIpc) is 2.62. The van der Waals surface area contributed by atoms with E-state index in [1.807, 2.05) is 4.90 Å². The fraction of sp³-hybridized carbons (Fsp3) is 0.538. The Morgan fingerprint density at radius 1 is 1.50 bits per heavy atom. The maximum Gasteiger partial charge on any atom is 0.256 e. The van der Waals surface area contributed by atoms with Gasteiger partial charge < -0.3 is 10.3 Å². The zero-order valence-corrected chi connectivity index (χ0v) is 10.7. The van der Waals surface area contributed by atoms with E-state index in [4.69, 9.17) is 5.84 Å². The standard InChI is InChI=1S/C13H20N4O/c1-10-3-2-7-17(8-5-10)13(18)11-4-6-15-9-12(11)16-14/h4,6,9-10,16H,2-3,5,7-8,14H2,1H3. The van der Waals surface area contributed by atoms with Crippen molar-refractivity contribution < 1.29 is 4.79 Å². The molecule has 18 heavy (non-hydrogen) atoms. The molecule has 1 aromatic rings. The number of amides is 1. The lowest BCUT2D eigenvalue weighted by Gasteiger charge is -2.21. The lowest BCUT2D eigenvalue weighted by atomic mass is 10.0. The van der Waals surface area contributed by atoms with Gasteiger partial charge >= 0.3 is 0 Å². The van der Waals surface area contributed by atoms with Crippen LogP contribution in [0.25, 0.3) is 0 Å². The second-order valence-electron chi connectivity index (χ2n) is 4.89. The Bertz CT molecular complexity index is 421. The van der Waals surface area contributed by atoms with Gasteiger partial charge in [-0.3, -0.25) is 15.6 Å². The molecule has 1 aliphatic rings. The average molecular weight is 248 g/mol. The van der Waals surface area contributed by atoms with Crippen LogP contribution in [0.5, 0.6) is 0 Å². The van der Waals surface area contributed by atoms with Crippen LogP contribution in [-0.4, -0.2) is 28.9 Å². The van der Waals surface area contributed by atoms with Gasteiger partial charge in [-0.05, 0) is 31.2 Å². The van der Waals surface area contributed by atoms with Crippen molar-refractivity contribution in [2.45, 2.75) is 26.2 Å². The molecule has 0 aliphatic carbocycles. The fourth-order valence-electron chi connectivity index (χ4n) is 2.33. The molecule has 1 atom stereocenters. The van der Waals surface area contributed by atoms with Crippen LogP contribution in [0, 0.1) is 5.92 Å². The normalized spacial score (nSPS) is 20.3. The van der Waals surface area contributed by atoms with E-state index in [-0.39, 0.29) is 5.91 Å². The third-order valence-electron chi connectivity index (χ3n) is 3.51. The first kappa shape index (κ1) is 12.8. The van der Waals surface area contributed by atoms with Crippen molar-refractivity contribution in [1.29, 1.82) is 0 Å². The van der Waals surface area contributed by atoms with Gasteiger partial charge in [0, 0.05) is 19.3 Å². The van der Waals surface area contributed by atoms with Crippen LogP contribution in [-0.2, 0) is 0 Å². The van der Waals surface area contributed by atoms with Crippen LogP contribution in [0.3, 0.4) is 0 Å². The molecule has 0 bridgehead atoms. The molecule has 1 saturated heterocycles. The minimum absolute atomic E-state index is 0.0412. The van der Waals surface area contributed by atoms with Gasteiger partial charge in [0.15, 0.2) is 0 Å². The molecule has 1 amide bonds. The van der Waals surface area contributed by atoms with Gasteiger partial charge in [-0.1, -0.05) is 6.92 Å². The maximum atomic E-state index is 12.4. The predicted octanol–water partition coefficient (Wildman–Crippen LogP) is 1.63. The number of carbonyl (C=O) groups excluding carboxylic acids is 1. The number of nitrogens with two attached hydrogens (primary N) is 1. The number of nitrogens with one attached hydrogen (secondary N) is 1. The van der Waals surface area contributed by atoms with Gasteiger partial charge in [0.05, 0.1) is 17.4 Å². The number of hydrogen-bond donors (Lipinski definition) is 2. The van der Waals surface area contributed by atoms with E-state index < -0.39 is 0 Å². The first-order valence-corrected chi connectivity index (χ1v) is 6.42. The highest BCUT2D eigenvalue weighted by atomic mass is 16.2. The Kier molecular flexibility index (Phi) is 4.15. The van der Waals surface area contributed by atoms with E-state index in [1.54, 1.807) is 18.5 Å². The van der Waals surface area contributed by atoms with Gasteiger partial charge in [-0.2, -0.15) is 0 Å². The van der Waals surface area contributed by atoms with Gasteiger partial charge in [0.1, 0.15) is 0 Å². The Hall–Kier alpha value is -1.62. The fourth-order valence-corrected chi connectivity index (χ4v) is 2.33. The van der Waals surface area contributed by atoms with Crippen molar-refractivity contribution >= 4 is 11.6 Å². The zero-order valence-electron chi connectivity index (χ0n) is 10.7. The zero-order chi connectivity index (χ0) is 13.0. The molecule has 1 unspecified atom stereocenters. The summed E-state index contributed by atoms with van der Waals surface area (Å²) >= 11 is 0. The molecular weight excluding hydrogens is 228 g/mol. The molecule has 0 radical (unpaired) electrons. The molecule has 98 valence electrons. The summed E-state index contributed by atoms with van der Waals surface area (Å²) in [6, 6.07) is 1.71. The highest BCUT2D eigenvalue weighted by Crippen LogP contribution is 2.20. The summed E-state index contributed by atoms with van der Waals surface area (Å²) < 4.78 is 0. The molecule has 0 spiro atoms. The molecule has 3 N–H and O–H groups in total. The highest BCUT2D eigenvalue weighted by molar-refractivity contribution is 5.99. The summed E-state index contributed by atoms with van der Waals surface area (Å²) in [5, 5.41) is 0. The third kappa shape index (κ3) is 2.79. The van der Waals surface area contributed by atoms with Crippen molar-refractivity contribution in [2.75, 3.05) is 18.5 Å². The van der Waals surface area contributed by atoms with Crippen molar-refractivity contribution in [3.63, 3.8) is 0 Å². The van der Waals surface area contributed by atoms with E-state index in [9.17, 15) is 4.79 Å². The molecule has 0 saturated carbocycles. The molecule has 1 fully saturated rings. The molecule has 5 heteroatoms. The van der Waals surface area contributed by atoms with Crippen molar-refractivity contribution in [3.8, 4) is 0 Å². The molecule has 0 aromatic carbocycles. The van der Waals surface area contributed by atoms with E-state index in [1.165, 1.54) is 6.42 Å².